The molecule has 2 aliphatic rings. The van der Waals surface area contributed by atoms with E-state index in [0.29, 0.717) is 64.8 Å². The lowest BCUT2D eigenvalue weighted by Crippen LogP contribution is -2.65. The minimum atomic E-state index is -4.81. The van der Waals surface area contributed by atoms with E-state index in [1.165, 1.54) is 13.8 Å². The first-order chi connectivity index (χ1) is 42.2. The van der Waals surface area contributed by atoms with Gasteiger partial charge >= 0.3 is 20.8 Å². The zero-order chi connectivity index (χ0) is 66.1. The number of hydrogen-bond acceptors (Lipinski definition) is 24. The van der Waals surface area contributed by atoms with Crippen molar-refractivity contribution in [2.75, 3.05) is 65.8 Å². The summed E-state index contributed by atoms with van der Waals surface area (Å²) in [4.78, 5) is 72.9. The molecular weight excluding hydrogens is 1220 g/mol. The Hall–Kier alpha value is -3.52. The lowest BCUT2D eigenvalue weighted by Gasteiger charge is -2.42. The number of hydrogen-bond donors (Lipinski definition) is 12. The summed E-state index contributed by atoms with van der Waals surface area (Å²) in [5.74, 6) is -0.647. The maximum atomic E-state index is 12.4. The summed E-state index contributed by atoms with van der Waals surface area (Å²) < 4.78 is 103. The van der Waals surface area contributed by atoms with Crippen molar-refractivity contribution in [2.45, 2.75) is 256 Å². The topological polar surface area (TPSA) is 438 Å². The third-order valence-corrected chi connectivity index (χ3v) is 15.3. The number of aliphatic hydroxyl groups excluding tert-OH is 4. The third kappa shape index (κ3) is 40.9. The van der Waals surface area contributed by atoms with E-state index in [0.717, 1.165) is 116 Å². The highest BCUT2D eigenvalue weighted by molar-refractivity contribution is 7.81. The lowest BCUT2D eigenvalue weighted by atomic mass is 9.96. The van der Waals surface area contributed by atoms with Crippen molar-refractivity contribution in [3.8, 4) is 0 Å². The highest BCUT2D eigenvalue weighted by atomic mass is 32.3. The molecule has 2 saturated heterocycles. The van der Waals surface area contributed by atoms with E-state index < -0.39 is 107 Å². The monoisotopic (exact) mass is 1320 g/mol. The Kier molecular flexibility index (Phi) is 42.7. The number of aliphatic hydroxyl groups is 4. The van der Waals surface area contributed by atoms with Gasteiger partial charge in [-0.25, -0.2) is 0 Å². The standard InChI is InChI=1S/C57H106N6O24S2/c1-41(64)62-49-53(72)51(70)45(37-60-86-88(74,75)76)84-55(49)82-33-23-15-7-11-19-27-43(66)25-17-9-5-13-21-31-58-47(68)29-35-80-39-57(3,4)40-81-36-30-48(69)59-32-22-14-6-10-18-26-44(67)28-20-12-8-16-24-34-83-56-50(63-42(2)65)54(73)52(71)46(85-56)38-61-87-89(77,78)79/h45-46,49-56,60-61,70-73H,5-40H2,1-4H3,(H,58,68)(H,59,69)(H,62,64)(H,63,65)(H,74,75,76)(H,77,78,79). The maximum Gasteiger partial charge on any atom is 0.413 e. The van der Waals surface area contributed by atoms with Crippen LogP contribution in [0, 0.1) is 5.41 Å². The molecule has 2 aliphatic heterocycles. The molecule has 0 saturated carbocycles. The van der Waals surface area contributed by atoms with E-state index >= 15 is 0 Å². The number of nitrogens with one attached hydrogen (secondary N) is 6. The zero-order valence-electron chi connectivity index (χ0n) is 52.6. The van der Waals surface area contributed by atoms with Gasteiger partial charge in [0, 0.05) is 84.1 Å². The molecule has 30 nitrogen and oxygen atoms in total. The van der Waals surface area contributed by atoms with Crippen molar-refractivity contribution < 1.29 is 112 Å². The van der Waals surface area contributed by atoms with Crippen LogP contribution < -0.4 is 32.2 Å². The number of carbonyl (C=O) groups excluding carboxylic acids is 6. The number of ketones is 2. The van der Waals surface area contributed by atoms with Gasteiger partial charge in [-0.1, -0.05) is 90.9 Å². The molecule has 2 rings (SSSR count). The molecule has 0 spiro atoms. The summed E-state index contributed by atoms with van der Waals surface area (Å²) in [5.41, 5.74) is 3.58. The summed E-state index contributed by atoms with van der Waals surface area (Å²) in [5, 5.41) is 52.8. The molecular formula is C57H106N6O24S2. The van der Waals surface area contributed by atoms with Crippen LogP contribution in [-0.4, -0.2) is 209 Å². The van der Waals surface area contributed by atoms with Crippen LogP contribution in [0.2, 0.25) is 0 Å². The average molecular weight is 1320 g/mol. The van der Waals surface area contributed by atoms with Crippen molar-refractivity contribution in [3.63, 3.8) is 0 Å². The summed E-state index contributed by atoms with van der Waals surface area (Å²) in [6.45, 7) is 8.54. The number of unbranched alkanes of at least 4 members (excludes halogenated alkanes) is 16. The zero-order valence-corrected chi connectivity index (χ0v) is 54.2. The van der Waals surface area contributed by atoms with Crippen LogP contribution in [0.25, 0.3) is 0 Å². The minimum Gasteiger partial charge on any atom is -0.388 e. The van der Waals surface area contributed by atoms with Crippen LogP contribution >= 0.6 is 0 Å². The van der Waals surface area contributed by atoms with Gasteiger partial charge < -0.3 is 70.1 Å². The fraction of sp³-hybridized carbons (Fsp3) is 0.895. The molecule has 2 fully saturated rings. The van der Waals surface area contributed by atoms with Gasteiger partial charge in [-0.05, 0) is 51.4 Å². The van der Waals surface area contributed by atoms with Gasteiger partial charge in [0.25, 0.3) is 0 Å². The lowest BCUT2D eigenvalue weighted by molar-refractivity contribution is -0.265. The van der Waals surface area contributed by atoms with Gasteiger partial charge in [-0.15, -0.1) is 0 Å². The fourth-order valence-corrected chi connectivity index (χ4v) is 10.3. The molecule has 10 unspecified atom stereocenters. The molecule has 0 radical (unpaired) electrons. The largest absolute Gasteiger partial charge is 0.413 e. The Bertz CT molecular complexity index is 2090. The molecule has 520 valence electrons. The van der Waals surface area contributed by atoms with Gasteiger partial charge in [-0.3, -0.25) is 37.9 Å². The van der Waals surface area contributed by atoms with Crippen molar-refractivity contribution in [1.82, 2.24) is 32.2 Å². The summed E-state index contributed by atoms with van der Waals surface area (Å²) in [6, 6.07) is -2.18. The molecule has 12 N–H and O–H groups in total. The van der Waals surface area contributed by atoms with Crippen LogP contribution in [0.15, 0.2) is 0 Å². The van der Waals surface area contributed by atoms with Gasteiger partial charge in [-0.2, -0.15) is 36.4 Å². The smallest absolute Gasteiger partial charge is 0.388 e. The van der Waals surface area contributed by atoms with Gasteiger partial charge in [0.15, 0.2) is 12.6 Å². The van der Waals surface area contributed by atoms with Crippen LogP contribution in [0.5, 0.6) is 0 Å². The first kappa shape index (κ1) is 81.6. The Labute approximate surface area is 525 Å². The van der Waals surface area contributed by atoms with Crippen molar-refractivity contribution in [2.24, 2.45) is 5.41 Å². The summed E-state index contributed by atoms with van der Waals surface area (Å²) in [7, 11) is -9.61. The quantitative estimate of drug-likeness (QED) is 0.0236. The molecule has 0 bridgehead atoms. The van der Waals surface area contributed by atoms with Gasteiger partial charge in [0.1, 0.15) is 60.3 Å². The van der Waals surface area contributed by atoms with Gasteiger partial charge in [0.2, 0.25) is 23.6 Å². The number of hydroxylamine groups is 2. The van der Waals surface area contributed by atoms with Gasteiger partial charge in [0.05, 0.1) is 39.5 Å². The maximum absolute atomic E-state index is 12.4. The predicted molar refractivity (Wildman–Crippen MR) is 321 cm³/mol. The van der Waals surface area contributed by atoms with E-state index in [-0.39, 0.29) is 68.1 Å². The second-order valence-corrected chi connectivity index (χ2v) is 25.6. The summed E-state index contributed by atoms with van der Waals surface area (Å²) >= 11 is 0. The second-order valence-electron chi connectivity index (χ2n) is 23.6. The average Bonchev–Trinajstić information content (AvgIpc) is 1.28. The van der Waals surface area contributed by atoms with E-state index in [1.54, 1.807) is 0 Å². The van der Waals surface area contributed by atoms with E-state index in [2.05, 4.69) is 29.8 Å². The van der Waals surface area contributed by atoms with Crippen molar-refractivity contribution in [1.29, 1.82) is 0 Å². The van der Waals surface area contributed by atoms with Crippen molar-refractivity contribution >= 4 is 56.0 Å². The van der Waals surface area contributed by atoms with E-state index in [4.69, 9.17) is 37.5 Å². The number of rotatable bonds is 54. The first-order valence-corrected chi connectivity index (χ1v) is 34.2. The Morgan fingerprint density at radius 2 is 0.753 bits per heavy atom. The highest BCUT2D eigenvalue weighted by Gasteiger charge is 2.47. The molecule has 89 heavy (non-hydrogen) atoms. The number of carbonyl (C=O) groups is 6. The van der Waals surface area contributed by atoms with E-state index in [9.17, 15) is 66.0 Å². The molecule has 2 heterocycles. The first-order valence-electron chi connectivity index (χ1n) is 31.5. The summed E-state index contributed by atoms with van der Waals surface area (Å²) in [6.07, 6.45) is 8.79. The predicted octanol–water partition coefficient (Wildman–Crippen LogP) is 2.14. The van der Waals surface area contributed by atoms with E-state index in [1.807, 2.05) is 24.8 Å². The molecule has 4 amide bonds. The van der Waals surface area contributed by atoms with Crippen LogP contribution in [0.4, 0.5) is 0 Å². The van der Waals surface area contributed by atoms with Crippen LogP contribution in [0.1, 0.15) is 195 Å². The van der Waals surface area contributed by atoms with Crippen LogP contribution in [0.3, 0.4) is 0 Å². The molecule has 0 aromatic heterocycles. The Morgan fingerprint density at radius 1 is 0.438 bits per heavy atom. The second kappa shape index (κ2) is 46.5. The number of ether oxygens (including phenoxy) is 6. The Balaban J connectivity index is 1.37. The molecule has 0 aliphatic carbocycles. The molecule has 0 aromatic rings. The minimum absolute atomic E-state index is 0.0752. The molecule has 0 aromatic carbocycles. The normalized spacial score (nSPS) is 22.4. The van der Waals surface area contributed by atoms with Crippen molar-refractivity contribution in [3.05, 3.63) is 0 Å². The highest BCUT2D eigenvalue weighted by Crippen LogP contribution is 2.25. The fourth-order valence-electron chi connectivity index (χ4n) is 9.86. The Morgan fingerprint density at radius 3 is 1.08 bits per heavy atom. The number of Topliss-reactive ketones (excluding diaryl/α,β-unsaturated/α-hetero) is 2. The SMILES string of the molecule is CC(=O)NC1C(OCCCCCCCC(=O)CCCCCCCNC(=O)CCOCC(C)(C)COCCC(=O)NCCCCCCCC(=O)CCCCCCCOC2OC(CNOS(=O)(=O)O)C(O)C(O)C2NC(C)=O)OC(CNOS(=O)(=O)O)C(O)C1O. The number of amides is 4. The third-order valence-electron chi connectivity index (χ3n) is 14.6. The molecule has 10 atom stereocenters. The van der Waals surface area contributed by atoms with Crippen LogP contribution in [-0.2, 0) is 86.6 Å². The molecule has 32 heteroatoms.